The van der Waals surface area contributed by atoms with E-state index in [1.165, 1.54) is 18.2 Å². The summed E-state index contributed by atoms with van der Waals surface area (Å²) in [5.41, 5.74) is 4.58. The van der Waals surface area contributed by atoms with E-state index in [4.69, 9.17) is 0 Å². The summed E-state index contributed by atoms with van der Waals surface area (Å²) < 4.78 is 0. The summed E-state index contributed by atoms with van der Waals surface area (Å²) >= 11 is 0. The van der Waals surface area contributed by atoms with Gasteiger partial charge < -0.3 is 40.9 Å². The Balaban J connectivity index is 1.47. The number of rotatable bonds is 6. The molecule has 4 atom stereocenters. The van der Waals surface area contributed by atoms with Gasteiger partial charge in [-0.3, -0.25) is 9.59 Å². The van der Waals surface area contributed by atoms with Crippen molar-refractivity contribution in [1.29, 1.82) is 0 Å². The molecule has 0 aromatic heterocycles. The average Bonchev–Trinajstić information content (AvgIpc) is 3.29. The molecule has 8 aromatic carbocycles. The molecular weight excluding hydrogens is 809 g/mol. The SMILES string of the molecule is O=Cc1ccc(C2c3cc(c(O)cc3O)C(c3ccccc3)c3cc(c(O)cc3O)C(c3ccccc3)c3cc(c(O)cc3O)C(c3ccc(C=O)cc3)c3cc2c(O)cc3O)cc1. The molecule has 316 valence electrons. The van der Waals surface area contributed by atoms with Gasteiger partial charge in [0, 0.05) is 104 Å². The van der Waals surface area contributed by atoms with Crippen molar-refractivity contribution < 1.29 is 50.4 Å². The van der Waals surface area contributed by atoms with E-state index in [1.807, 2.05) is 36.4 Å². The second kappa shape index (κ2) is 16.4. The first-order chi connectivity index (χ1) is 30.9. The highest BCUT2D eigenvalue weighted by Crippen LogP contribution is 2.53. The van der Waals surface area contributed by atoms with Crippen LogP contribution >= 0.6 is 0 Å². The largest absolute Gasteiger partial charge is 0.507 e. The number of carbonyl (C=O) groups excluding carboxylic acids is 2. The van der Waals surface area contributed by atoms with Crippen LogP contribution in [0.15, 0.2) is 158 Å². The molecule has 9 rings (SSSR count). The summed E-state index contributed by atoms with van der Waals surface area (Å²) in [6.45, 7) is 0. The lowest BCUT2D eigenvalue weighted by Gasteiger charge is -2.29. The third-order valence-corrected chi connectivity index (χ3v) is 12.3. The number of phenolic OH excluding ortho intramolecular Hbond substituents is 8. The summed E-state index contributed by atoms with van der Waals surface area (Å²) in [4.78, 5) is 23.7. The van der Waals surface area contributed by atoms with Crippen molar-refractivity contribution >= 4 is 12.6 Å². The number of fused-ring (bicyclic) bond motifs is 8. The fraction of sp³-hybridized carbons (Fsp3) is 0.0741. The third kappa shape index (κ3) is 7.16. The van der Waals surface area contributed by atoms with Crippen LogP contribution in [0, 0.1) is 0 Å². The second-order valence-corrected chi connectivity index (χ2v) is 16.0. The van der Waals surface area contributed by atoms with E-state index in [2.05, 4.69) is 0 Å². The lowest BCUT2D eigenvalue weighted by atomic mass is 9.75. The summed E-state index contributed by atoms with van der Waals surface area (Å²) in [7, 11) is 0. The van der Waals surface area contributed by atoms with Crippen molar-refractivity contribution in [3.8, 4) is 46.0 Å². The molecule has 0 heterocycles. The fourth-order valence-electron chi connectivity index (χ4n) is 9.23. The number of hydrogen-bond donors (Lipinski definition) is 8. The molecule has 4 unspecified atom stereocenters. The minimum absolute atomic E-state index is 0.173. The molecule has 8 aromatic rings. The molecule has 8 bridgehead atoms. The first-order valence-corrected chi connectivity index (χ1v) is 20.4. The normalized spacial score (nSPS) is 16.8. The van der Waals surface area contributed by atoms with Gasteiger partial charge in [-0.2, -0.15) is 0 Å². The zero-order chi connectivity index (χ0) is 44.8. The van der Waals surface area contributed by atoms with E-state index in [1.54, 1.807) is 97.1 Å². The molecule has 10 nitrogen and oxygen atoms in total. The molecule has 10 heteroatoms. The molecule has 1 aliphatic carbocycles. The van der Waals surface area contributed by atoms with Gasteiger partial charge in [-0.1, -0.05) is 109 Å². The maximum absolute atomic E-state index is 11.9. The van der Waals surface area contributed by atoms with Crippen molar-refractivity contribution in [3.63, 3.8) is 0 Å². The molecule has 8 N–H and O–H groups in total. The highest BCUT2D eigenvalue weighted by molar-refractivity contribution is 5.76. The zero-order valence-corrected chi connectivity index (χ0v) is 33.9. The minimum atomic E-state index is -1.06. The number of phenols is 8. The van der Waals surface area contributed by atoms with Gasteiger partial charge >= 0.3 is 0 Å². The number of benzene rings is 8. The summed E-state index contributed by atoms with van der Waals surface area (Å²) in [5.74, 6) is -6.86. The first kappa shape index (κ1) is 40.9. The Morgan fingerprint density at radius 3 is 0.672 bits per heavy atom. The number of aldehydes is 2. The van der Waals surface area contributed by atoms with Gasteiger partial charge in [0.05, 0.1) is 0 Å². The molecule has 0 radical (unpaired) electrons. The van der Waals surface area contributed by atoms with Crippen molar-refractivity contribution in [1.82, 2.24) is 0 Å². The molecular formula is C54H40O10. The molecule has 0 spiro atoms. The van der Waals surface area contributed by atoms with Crippen molar-refractivity contribution in [2.45, 2.75) is 23.7 Å². The molecule has 0 saturated carbocycles. The van der Waals surface area contributed by atoms with Crippen LogP contribution in [0.2, 0.25) is 0 Å². The van der Waals surface area contributed by atoms with Crippen molar-refractivity contribution in [2.24, 2.45) is 0 Å². The Labute approximate surface area is 367 Å². The van der Waals surface area contributed by atoms with Gasteiger partial charge in [-0.15, -0.1) is 0 Å². The van der Waals surface area contributed by atoms with E-state index < -0.39 is 23.7 Å². The van der Waals surface area contributed by atoms with Crippen LogP contribution in [0.25, 0.3) is 0 Å². The average molecular weight is 849 g/mol. The Kier molecular flexibility index (Phi) is 10.5. The number of aromatic hydroxyl groups is 8. The van der Waals surface area contributed by atoms with E-state index >= 15 is 0 Å². The quantitative estimate of drug-likeness (QED) is 0.0746. The van der Waals surface area contributed by atoms with Crippen LogP contribution in [0.4, 0.5) is 0 Å². The maximum atomic E-state index is 11.9. The van der Waals surface area contributed by atoms with Crippen LogP contribution < -0.4 is 0 Å². The summed E-state index contributed by atoms with van der Waals surface area (Å²) in [6.07, 6.45) is 1.36. The van der Waals surface area contributed by atoms with Gasteiger partial charge in [0.1, 0.15) is 58.6 Å². The molecule has 0 amide bonds. The van der Waals surface area contributed by atoms with Gasteiger partial charge in [-0.05, 0) is 46.5 Å². The zero-order valence-electron chi connectivity index (χ0n) is 33.9. The molecule has 0 saturated heterocycles. The van der Waals surface area contributed by atoms with Crippen LogP contribution in [-0.4, -0.2) is 53.4 Å². The van der Waals surface area contributed by atoms with Gasteiger partial charge in [0.25, 0.3) is 0 Å². The fourth-order valence-corrected chi connectivity index (χ4v) is 9.23. The van der Waals surface area contributed by atoms with Gasteiger partial charge in [0.15, 0.2) is 0 Å². The third-order valence-electron chi connectivity index (χ3n) is 12.3. The van der Waals surface area contributed by atoms with Gasteiger partial charge in [-0.25, -0.2) is 0 Å². The highest BCUT2D eigenvalue weighted by atomic mass is 16.3. The Morgan fingerprint density at radius 2 is 0.469 bits per heavy atom. The Morgan fingerprint density at radius 1 is 0.266 bits per heavy atom. The monoisotopic (exact) mass is 848 g/mol. The topological polar surface area (TPSA) is 196 Å². The highest BCUT2D eigenvalue weighted by Gasteiger charge is 2.35. The predicted molar refractivity (Wildman–Crippen MR) is 239 cm³/mol. The van der Waals surface area contributed by atoms with Crippen LogP contribution in [0.1, 0.15) is 111 Å². The molecule has 1 aliphatic rings. The van der Waals surface area contributed by atoms with E-state index in [9.17, 15) is 50.4 Å². The second-order valence-electron chi connectivity index (χ2n) is 16.0. The van der Waals surface area contributed by atoms with E-state index in [-0.39, 0.29) is 90.5 Å². The molecule has 0 aliphatic heterocycles. The van der Waals surface area contributed by atoms with Crippen molar-refractivity contribution in [3.05, 3.63) is 236 Å². The van der Waals surface area contributed by atoms with Crippen LogP contribution in [-0.2, 0) is 0 Å². The Bertz CT molecular complexity index is 2870. The first-order valence-electron chi connectivity index (χ1n) is 20.4. The van der Waals surface area contributed by atoms with Crippen LogP contribution in [0.3, 0.4) is 0 Å². The molecule has 0 fully saturated rings. The Hall–Kier alpha value is -8.50. The maximum Gasteiger partial charge on any atom is 0.150 e. The summed E-state index contributed by atoms with van der Waals surface area (Å²) in [6, 6.07) is 42.0. The lowest BCUT2D eigenvalue weighted by molar-refractivity contribution is 0.111. The smallest absolute Gasteiger partial charge is 0.150 e. The van der Waals surface area contributed by atoms with Crippen LogP contribution in [0.5, 0.6) is 46.0 Å². The molecule has 64 heavy (non-hydrogen) atoms. The predicted octanol–water partition coefficient (Wildman–Crippen LogP) is 9.99. The number of hydrogen-bond acceptors (Lipinski definition) is 10. The minimum Gasteiger partial charge on any atom is -0.507 e. The standard InChI is InChI=1S/C54H40O10/c55-27-29-11-15-33(16-12-29)53-39-20-37(45(59)24-47(39)61)51(31-7-3-1-4-8-31)35-19-36(44(58)23-43(35)57)52(32-9-5-2-6-10-32)38-21-40(48(62)25-46(38)60)54(34-17-13-30(28-56)14-18-34)42-22-41(53)49(63)26-50(42)64/h1-28,51-54,57-64H. The van der Waals surface area contributed by atoms with E-state index in [0.717, 1.165) is 6.07 Å². The van der Waals surface area contributed by atoms with Crippen molar-refractivity contribution in [2.75, 3.05) is 0 Å². The van der Waals surface area contributed by atoms with Gasteiger partial charge in [0.2, 0.25) is 0 Å². The number of carbonyl (C=O) groups is 2. The van der Waals surface area contributed by atoms with E-state index in [0.29, 0.717) is 46.0 Å². The summed E-state index contributed by atoms with van der Waals surface area (Å²) in [5, 5.41) is 95.2. The lowest BCUT2D eigenvalue weighted by Crippen LogP contribution is -2.13.